The molecule has 0 saturated carbocycles. The molecule has 8 bridgehead atoms. The summed E-state index contributed by atoms with van der Waals surface area (Å²) in [5.41, 5.74) is 12.8. The summed E-state index contributed by atoms with van der Waals surface area (Å²) in [4.78, 5) is 21.4. The standard InChI is InChI=1S/C48H36N4O4.Ni/c1-53-33-13-5-29(6-14-33)45-37-21-23-39(49-37)46(30-7-15-34(54-2)16-8-30)41-25-27-43(51-41)48(32-11-19-36(56-4)20-12-32)44-28-26-42(52-44)47(40-24-22-38(45)50-40)31-9-17-35(55-3)18-10-31;/h5-28H,1-4H3;/q-2;+2. The van der Waals surface area contributed by atoms with E-state index >= 15 is 0 Å². The molecule has 0 atom stereocenters. The molecule has 9 rings (SSSR count). The van der Waals surface area contributed by atoms with Crippen LogP contribution in [0.3, 0.4) is 0 Å². The fourth-order valence-corrected chi connectivity index (χ4v) is 7.30. The number of aliphatic imine (C=N–C) groups is 3. The van der Waals surface area contributed by atoms with Gasteiger partial charge in [0.15, 0.2) is 0 Å². The number of rotatable bonds is 8. The van der Waals surface area contributed by atoms with Crippen LogP contribution in [0.4, 0.5) is 0 Å². The second-order valence-electron chi connectivity index (χ2n) is 13.3. The van der Waals surface area contributed by atoms with Crippen LogP contribution in [0.1, 0.15) is 33.6 Å². The molecule has 0 saturated heterocycles. The van der Waals surface area contributed by atoms with E-state index in [0.717, 1.165) is 114 Å². The Balaban J connectivity index is 0.00000455. The quantitative estimate of drug-likeness (QED) is 0.116. The number of methoxy groups -OCH3 is 4. The van der Waals surface area contributed by atoms with E-state index in [0.29, 0.717) is 0 Å². The largest absolute Gasteiger partial charge is 2.00 e. The smallest absolute Gasteiger partial charge is 0.498 e. The summed E-state index contributed by atoms with van der Waals surface area (Å²) in [6.07, 6.45) is 12.3. The zero-order chi connectivity index (χ0) is 38.2. The first kappa shape index (κ1) is 37.1. The Kier molecular flexibility index (Phi) is 10.2. The van der Waals surface area contributed by atoms with Crippen LogP contribution in [0.2, 0.25) is 0 Å². The summed E-state index contributed by atoms with van der Waals surface area (Å²) in [5.74, 6) is 3.95. The van der Waals surface area contributed by atoms with Gasteiger partial charge < -0.3 is 23.9 Å². The molecule has 57 heavy (non-hydrogen) atoms. The van der Waals surface area contributed by atoms with Gasteiger partial charge in [-0.3, -0.25) is 9.98 Å². The van der Waals surface area contributed by atoms with Crippen LogP contribution in [-0.2, 0) is 16.5 Å². The van der Waals surface area contributed by atoms with Gasteiger partial charge >= 0.3 is 16.5 Å². The summed E-state index contributed by atoms with van der Waals surface area (Å²) in [6, 6.07) is 36.2. The van der Waals surface area contributed by atoms with Crippen LogP contribution in [0.15, 0.2) is 178 Å². The van der Waals surface area contributed by atoms with Crippen LogP contribution in [-0.4, -0.2) is 50.6 Å². The number of nitrogens with zero attached hydrogens (tertiary/aromatic N) is 4. The third-order valence-electron chi connectivity index (χ3n) is 10.1. The molecule has 0 N–H and O–H groups in total. The molecule has 4 aromatic carbocycles. The molecule has 0 radical (unpaired) electrons. The van der Waals surface area contributed by atoms with Gasteiger partial charge in [0.2, 0.25) is 0 Å². The van der Waals surface area contributed by atoms with Crippen molar-refractivity contribution in [2.24, 2.45) is 15.0 Å². The van der Waals surface area contributed by atoms with E-state index in [1.165, 1.54) is 0 Å². The van der Waals surface area contributed by atoms with Crippen LogP contribution >= 0.6 is 0 Å². The average molecular weight is 792 g/mol. The van der Waals surface area contributed by atoms with Crippen molar-refractivity contribution in [2.75, 3.05) is 28.4 Å². The molecule has 0 unspecified atom stereocenters. The van der Waals surface area contributed by atoms with Crippen molar-refractivity contribution >= 4 is 33.9 Å². The first-order chi connectivity index (χ1) is 27.5. The molecule has 0 spiro atoms. The third kappa shape index (κ3) is 6.98. The first-order valence-electron chi connectivity index (χ1n) is 18.2. The maximum Gasteiger partial charge on any atom is 2.00 e. The molecule has 8 nitrogen and oxygen atoms in total. The van der Waals surface area contributed by atoms with Gasteiger partial charge in [0.1, 0.15) is 23.0 Å². The van der Waals surface area contributed by atoms with Crippen molar-refractivity contribution in [1.29, 1.82) is 0 Å². The normalized spacial score (nSPS) is 15.4. The second kappa shape index (κ2) is 15.7. The fraction of sp³-hybridized carbons (Fsp3) is 0.0833. The van der Waals surface area contributed by atoms with Crippen molar-refractivity contribution in [1.82, 2.24) is 4.98 Å². The van der Waals surface area contributed by atoms with E-state index in [1.807, 2.05) is 97.1 Å². The zero-order valence-electron chi connectivity index (χ0n) is 31.6. The number of ether oxygens (including phenoxy) is 4. The van der Waals surface area contributed by atoms with Crippen molar-refractivity contribution in [3.05, 3.63) is 202 Å². The molecule has 1 aromatic heterocycles. The minimum Gasteiger partial charge on any atom is -0.498 e. The van der Waals surface area contributed by atoms with Crippen molar-refractivity contribution < 1.29 is 35.4 Å². The van der Waals surface area contributed by atoms with E-state index in [4.69, 9.17) is 38.9 Å². The minimum atomic E-state index is 0. The maximum absolute atomic E-state index is 5.52. The molecule has 5 aromatic rings. The summed E-state index contributed by atoms with van der Waals surface area (Å²) < 4.78 is 22.1. The van der Waals surface area contributed by atoms with E-state index in [2.05, 4.69) is 48.6 Å². The molecule has 282 valence electrons. The van der Waals surface area contributed by atoms with Gasteiger partial charge in [0, 0.05) is 22.7 Å². The van der Waals surface area contributed by atoms with Gasteiger partial charge in [-0.2, -0.15) is 0 Å². The monoisotopic (exact) mass is 790 g/mol. The van der Waals surface area contributed by atoms with Gasteiger partial charge in [0.25, 0.3) is 0 Å². The van der Waals surface area contributed by atoms with E-state index in [1.54, 1.807) is 28.4 Å². The molecular weight excluding hydrogens is 755 g/mol. The summed E-state index contributed by atoms with van der Waals surface area (Å²) >= 11 is 0. The fourth-order valence-electron chi connectivity index (χ4n) is 7.30. The van der Waals surface area contributed by atoms with Gasteiger partial charge in [-0.15, -0.1) is 29.8 Å². The first-order valence-corrected chi connectivity index (χ1v) is 18.2. The topological polar surface area (TPSA) is 86.9 Å². The Morgan fingerprint density at radius 2 is 0.877 bits per heavy atom. The van der Waals surface area contributed by atoms with E-state index in [-0.39, 0.29) is 16.5 Å². The Bertz CT molecular complexity index is 2640. The number of aromatic nitrogens is 1. The summed E-state index contributed by atoms with van der Waals surface area (Å²) in [5, 5.41) is 0. The Hall–Kier alpha value is -6.83. The minimum absolute atomic E-state index is 0. The van der Waals surface area contributed by atoms with Crippen LogP contribution in [0, 0.1) is 5.92 Å². The van der Waals surface area contributed by atoms with Crippen molar-refractivity contribution in [3.63, 3.8) is 0 Å². The average Bonchev–Trinajstić information content (AvgIpc) is 4.10. The molecule has 9 heteroatoms. The predicted octanol–water partition coefficient (Wildman–Crippen LogP) is 9.43. The zero-order valence-corrected chi connectivity index (χ0v) is 32.6. The SMILES string of the molecule is COc1ccc(C2=C3C=CC(=N3)[C-](c3ccc(OC)cc3)C3=NC(=C(c4ccc(OC)cc4)c4[cH-]cc(n4)C(c4ccc(OC)cc4)=C4C=CC2=N4)C=C3)cc1.[Ni+2]. The Morgan fingerprint density at radius 3 is 1.39 bits per heavy atom. The maximum atomic E-state index is 5.52. The Labute approximate surface area is 341 Å². The van der Waals surface area contributed by atoms with Crippen molar-refractivity contribution in [2.45, 2.75) is 0 Å². The molecule has 0 fully saturated rings. The Morgan fingerprint density at radius 1 is 0.456 bits per heavy atom. The van der Waals surface area contributed by atoms with Gasteiger partial charge in [-0.25, -0.2) is 4.99 Å². The summed E-state index contributed by atoms with van der Waals surface area (Å²) in [6.45, 7) is 0. The number of fused-ring (bicyclic) bond motifs is 5. The third-order valence-corrected chi connectivity index (χ3v) is 10.1. The van der Waals surface area contributed by atoms with Crippen LogP contribution in [0.25, 0.3) is 16.7 Å². The molecule has 0 aliphatic carbocycles. The second-order valence-corrected chi connectivity index (χ2v) is 13.3. The van der Waals surface area contributed by atoms with Gasteiger partial charge in [0.05, 0.1) is 45.5 Å². The van der Waals surface area contributed by atoms with Crippen LogP contribution < -0.4 is 18.9 Å². The molecule has 4 aliphatic rings. The van der Waals surface area contributed by atoms with Gasteiger partial charge in [-0.1, -0.05) is 84.0 Å². The predicted molar refractivity (Wildman–Crippen MR) is 223 cm³/mol. The van der Waals surface area contributed by atoms with Crippen LogP contribution in [0.5, 0.6) is 23.0 Å². The number of allylic oxidation sites excluding steroid dienone is 7. The molecule has 0 amide bonds. The van der Waals surface area contributed by atoms with Crippen molar-refractivity contribution in [3.8, 4) is 23.0 Å². The number of hydrogen-bond donors (Lipinski definition) is 0. The molecule has 5 heterocycles. The van der Waals surface area contributed by atoms with E-state index < -0.39 is 0 Å². The number of benzene rings is 4. The van der Waals surface area contributed by atoms with Gasteiger partial charge in [-0.05, 0) is 82.6 Å². The number of hydrogen-bond acceptors (Lipinski definition) is 8. The van der Waals surface area contributed by atoms with E-state index in [9.17, 15) is 0 Å². The summed E-state index contributed by atoms with van der Waals surface area (Å²) in [7, 11) is 6.67. The molecular formula is C48H36N4NiO4. The molecule has 4 aliphatic heterocycles.